The number of rotatable bonds is 6. The van der Waals surface area contributed by atoms with Gasteiger partial charge in [0.1, 0.15) is 23.7 Å². The monoisotopic (exact) mass is 430 g/mol. The van der Waals surface area contributed by atoms with Crippen molar-refractivity contribution < 1.29 is 0 Å². The molecule has 4 heterocycles. The third-order valence-electron chi connectivity index (χ3n) is 7.01. The van der Waals surface area contributed by atoms with Gasteiger partial charge < -0.3 is 19.8 Å². The molecule has 4 aromatic rings. The molecule has 2 N–H and O–H groups in total. The molecule has 3 aliphatic rings. The first kappa shape index (κ1) is 18.3. The molecule has 0 atom stereocenters. The number of hydrogen-bond acceptors (Lipinski definition) is 8. The van der Waals surface area contributed by atoms with Crippen molar-refractivity contribution in [2.75, 3.05) is 10.6 Å². The number of anilines is 2. The minimum atomic E-state index is 0.386. The van der Waals surface area contributed by atoms with Crippen LogP contribution in [0.1, 0.15) is 63.5 Å². The third-order valence-corrected chi connectivity index (χ3v) is 7.01. The molecule has 0 unspecified atom stereocenters. The molecule has 10 nitrogen and oxygen atoms in total. The summed E-state index contributed by atoms with van der Waals surface area (Å²) in [6.07, 6.45) is 16.3. The highest BCUT2D eigenvalue weighted by Crippen LogP contribution is 2.38. The van der Waals surface area contributed by atoms with Gasteiger partial charge >= 0.3 is 0 Å². The zero-order chi connectivity index (χ0) is 21.1. The van der Waals surface area contributed by atoms with Crippen LogP contribution in [-0.4, -0.2) is 51.1 Å². The van der Waals surface area contributed by atoms with Crippen molar-refractivity contribution in [2.24, 2.45) is 0 Å². The van der Waals surface area contributed by atoms with Gasteiger partial charge in [-0.25, -0.2) is 29.9 Å². The fourth-order valence-corrected chi connectivity index (χ4v) is 4.92. The molecule has 0 radical (unpaired) electrons. The number of aromatic nitrogens is 8. The van der Waals surface area contributed by atoms with E-state index in [1.807, 2.05) is 12.7 Å². The van der Waals surface area contributed by atoms with E-state index >= 15 is 0 Å². The first-order valence-electron chi connectivity index (χ1n) is 11.7. The van der Waals surface area contributed by atoms with E-state index in [4.69, 9.17) is 0 Å². The molecule has 3 aliphatic carbocycles. The molecular weight excluding hydrogens is 404 g/mol. The van der Waals surface area contributed by atoms with E-state index in [2.05, 4.69) is 49.7 Å². The van der Waals surface area contributed by atoms with Crippen molar-refractivity contribution in [1.82, 2.24) is 39.0 Å². The number of hydrogen-bond donors (Lipinski definition) is 2. The summed E-state index contributed by atoms with van der Waals surface area (Å²) in [6, 6.07) is 1.90. The summed E-state index contributed by atoms with van der Waals surface area (Å²) in [5.74, 6) is 1.71. The Morgan fingerprint density at radius 1 is 0.562 bits per heavy atom. The van der Waals surface area contributed by atoms with Crippen molar-refractivity contribution in [1.29, 1.82) is 0 Å². The standard InChI is InChI=1S/C22H26N10/c1-2-14(30-20-18-22(26-10-24-20)32(12-28-18)16-7-8-16)4-3-13(1)29-19-17-21(25-9-23-19)31(11-27-17)15-5-6-15/h9-16H,1-8H2,(H,23,25,29)(H,24,26,30). The molecule has 0 amide bonds. The average molecular weight is 431 g/mol. The zero-order valence-electron chi connectivity index (χ0n) is 17.9. The topological polar surface area (TPSA) is 111 Å². The Bertz CT molecular complexity index is 1180. The SMILES string of the molecule is c1nc(NC2CCC(Nc3ncnc4c3ncn4C3CC3)CC2)c2ncn(C3CC3)c2n1. The van der Waals surface area contributed by atoms with Crippen molar-refractivity contribution in [3.05, 3.63) is 25.3 Å². The van der Waals surface area contributed by atoms with Crippen molar-refractivity contribution >= 4 is 34.0 Å². The second-order valence-electron chi connectivity index (χ2n) is 9.39. The fourth-order valence-electron chi connectivity index (χ4n) is 4.92. The van der Waals surface area contributed by atoms with E-state index < -0.39 is 0 Å². The zero-order valence-corrected chi connectivity index (χ0v) is 17.9. The summed E-state index contributed by atoms with van der Waals surface area (Å²) in [6.45, 7) is 0. The van der Waals surface area contributed by atoms with Crippen molar-refractivity contribution in [3.8, 4) is 0 Å². The van der Waals surface area contributed by atoms with Crippen LogP contribution in [0.4, 0.5) is 11.6 Å². The minimum absolute atomic E-state index is 0.386. The highest BCUT2D eigenvalue weighted by molar-refractivity contribution is 5.83. The molecule has 4 aromatic heterocycles. The highest BCUT2D eigenvalue weighted by Gasteiger charge is 2.29. The largest absolute Gasteiger partial charge is 0.365 e. The Kier molecular flexibility index (Phi) is 4.06. The maximum absolute atomic E-state index is 4.60. The smallest absolute Gasteiger partial charge is 0.165 e. The van der Waals surface area contributed by atoms with Crippen LogP contribution in [0.5, 0.6) is 0 Å². The lowest BCUT2D eigenvalue weighted by molar-refractivity contribution is 0.428. The van der Waals surface area contributed by atoms with Crippen LogP contribution in [0.25, 0.3) is 22.3 Å². The molecule has 7 rings (SSSR count). The van der Waals surface area contributed by atoms with E-state index in [0.29, 0.717) is 24.2 Å². The van der Waals surface area contributed by atoms with Gasteiger partial charge in [0.2, 0.25) is 0 Å². The lowest BCUT2D eigenvalue weighted by Gasteiger charge is -2.30. The van der Waals surface area contributed by atoms with Crippen LogP contribution in [0, 0.1) is 0 Å². The summed E-state index contributed by atoms with van der Waals surface area (Å²) in [5, 5.41) is 7.27. The Balaban J connectivity index is 1.03. The Morgan fingerprint density at radius 2 is 1.00 bits per heavy atom. The van der Waals surface area contributed by atoms with E-state index in [1.165, 1.54) is 25.7 Å². The molecule has 32 heavy (non-hydrogen) atoms. The van der Waals surface area contributed by atoms with E-state index in [9.17, 15) is 0 Å². The summed E-state index contributed by atoms with van der Waals surface area (Å²) < 4.78 is 4.38. The molecule has 0 aromatic carbocycles. The first-order valence-corrected chi connectivity index (χ1v) is 11.7. The first-order chi connectivity index (χ1) is 15.8. The van der Waals surface area contributed by atoms with Crippen LogP contribution in [0.3, 0.4) is 0 Å². The number of imidazole rings is 2. The van der Waals surface area contributed by atoms with Gasteiger partial charge in [-0.15, -0.1) is 0 Å². The highest BCUT2D eigenvalue weighted by atomic mass is 15.2. The normalized spacial score (nSPS) is 23.6. The molecular formula is C22H26N10. The molecule has 0 saturated heterocycles. The molecule has 3 saturated carbocycles. The quantitative estimate of drug-likeness (QED) is 0.478. The lowest BCUT2D eigenvalue weighted by Crippen LogP contribution is -2.33. The Labute approximate surface area is 184 Å². The molecule has 0 spiro atoms. The number of fused-ring (bicyclic) bond motifs is 2. The third kappa shape index (κ3) is 3.16. The van der Waals surface area contributed by atoms with Gasteiger partial charge in [-0.05, 0) is 51.4 Å². The lowest BCUT2D eigenvalue weighted by atomic mass is 9.91. The van der Waals surface area contributed by atoms with Crippen LogP contribution in [-0.2, 0) is 0 Å². The maximum Gasteiger partial charge on any atom is 0.165 e. The van der Waals surface area contributed by atoms with Gasteiger partial charge in [-0.2, -0.15) is 0 Å². The maximum atomic E-state index is 4.60. The summed E-state index contributed by atoms with van der Waals surface area (Å²) in [7, 11) is 0. The number of nitrogens with zero attached hydrogens (tertiary/aromatic N) is 8. The van der Waals surface area contributed by atoms with Gasteiger partial charge in [0.25, 0.3) is 0 Å². The fraction of sp³-hybridized carbons (Fsp3) is 0.545. The van der Waals surface area contributed by atoms with Gasteiger partial charge in [0.05, 0.1) is 12.7 Å². The van der Waals surface area contributed by atoms with E-state index in [0.717, 1.165) is 59.6 Å². The molecule has 3 fully saturated rings. The van der Waals surface area contributed by atoms with Crippen LogP contribution in [0.2, 0.25) is 0 Å². The summed E-state index contributed by atoms with van der Waals surface area (Å²) in [4.78, 5) is 27.2. The van der Waals surface area contributed by atoms with Crippen LogP contribution >= 0.6 is 0 Å². The Morgan fingerprint density at radius 3 is 1.41 bits per heavy atom. The Hall–Kier alpha value is -3.30. The molecule has 0 bridgehead atoms. The number of nitrogens with one attached hydrogen (secondary N) is 2. The van der Waals surface area contributed by atoms with Gasteiger partial charge in [0, 0.05) is 24.2 Å². The summed E-state index contributed by atoms with van der Waals surface area (Å²) in [5.41, 5.74) is 3.65. The van der Waals surface area contributed by atoms with E-state index in [-0.39, 0.29) is 0 Å². The van der Waals surface area contributed by atoms with Gasteiger partial charge in [0.15, 0.2) is 22.9 Å². The van der Waals surface area contributed by atoms with Gasteiger partial charge in [-0.1, -0.05) is 0 Å². The second kappa shape index (κ2) is 7.11. The van der Waals surface area contributed by atoms with Crippen LogP contribution in [0.15, 0.2) is 25.3 Å². The second-order valence-corrected chi connectivity index (χ2v) is 9.39. The summed E-state index contributed by atoms with van der Waals surface area (Å²) >= 11 is 0. The van der Waals surface area contributed by atoms with Crippen molar-refractivity contribution in [2.45, 2.75) is 75.5 Å². The predicted molar refractivity (Wildman–Crippen MR) is 120 cm³/mol. The van der Waals surface area contributed by atoms with Crippen molar-refractivity contribution in [3.63, 3.8) is 0 Å². The predicted octanol–water partition coefficient (Wildman–Crippen LogP) is 3.47. The minimum Gasteiger partial charge on any atom is -0.365 e. The van der Waals surface area contributed by atoms with Crippen LogP contribution < -0.4 is 10.6 Å². The average Bonchev–Trinajstić information content (AvgIpc) is 3.76. The van der Waals surface area contributed by atoms with E-state index in [1.54, 1.807) is 12.7 Å². The molecule has 164 valence electrons. The van der Waals surface area contributed by atoms with Gasteiger partial charge in [-0.3, -0.25) is 0 Å². The molecule has 10 heteroatoms. The molecule has 0 aliphatic heterocycles.